The standard InChI is InChI=1S/C14H20N2O4S/c1-5-19-13(18)11-16-8-6-9(15-7-10(8)21-11)12(17)20-14(2,3)4/h9,15H,5-7H2,1-4H3/t9-/m0/s1. The highest BCUT2D eigenvalue weighted by Gasteiger charge is 2.31. The molecule has 0 unspecified atom stereocenters. The van der Waals surface area contributed by atoms with Crippen molar-refractivity contribution in [2.45, 2.75) is 52.3 Å². The van der Waals surface area contributed by atoms with E-state index in [1.165, 1.54) is 11.3 Å². The van der Waals surface area contributed by atoms with Crippen LogP contribution in [0.5, 0.6) is 0 Å². The van der Waals surface area contributed by atoms with E-state index in [-0.39, 0.29) is 5.97 Å². The maximum absolute atomic E-state index is 12.1. The van der Waals surface area contributed by atoms with Crippen LogP contribution in [-0.2, 0) is 27.2 Å². The average Bonchev–Trinajstić information content (AvgIpc) is 2.79. The Morgan fingerprint density at radius 2 is 2.14 bits per heavy atom. The highest BCUT2D eigenvalue weighted by molar-refractivity contribution is 7.13. The zero-order chi connectivity index (χ0) is 15.6. The molecule has 0 aromatic carbocycles. The summed E-state index contributed by atoms with van der Waals surface area (Å²) in [6.45, 7) is 8.09. The minimum Gasteiger partial charge on any atom is -0.461 e. The first kappa shape index (κ1) is 15.9. The van der Waals surface area contributed by atoms with Crippen LogP contribution in [0.3, 0.4) is 0 Å². The quantitative estimate of drug-likeness (QED) is 0.856. The number of esters is 2. The van der Waals surface area contributed by atoms with E-state index in [0.29, 0.717) is 24.6 Å². The number of rotatable bonds is 3. The van der Waals surface area contributed by atoms with Crippen molar-refractivity contribution in [1.29, 1.82) is 0 Å². The maximum Gasteiger partial charge on any atom is 0.367 e. The van der Waals surface area contributed by atoms with Gasteiger partial charge in [-0.3, -0.25) is 10.1 Å². The largest absolute Gasteiger partial charge is 0.461 e. The van der Waals surface area contributed by atoms with E-state index in [1.54, 1.807) is 6.92 Å². The second kappa shape index (κ2) is 6.11. The SMILES string of the molecule is CCOC(=O)c1nc2c(s1)CN[C@H](C(=O)OC(C)(C)C)C2. The van der Waals surface area contributed by atoms with Gasteiger partial charge in [-0.15, -0.1) is 11.3 Å². The lowest BCUT2D eigenvalue weighted by molar-refractivity contribution is -0.157. The van der Waals surface area contributed by atoms with E-state index in [4.69, 9.17) is 9.47 Å². The second-order valence-electron chi connectivity index (χ2n) is 5.78. The Balaban J connectivity index is 2.07. The Bertz CT molecular complexity index is 548. The second-order valence-corrected chi connectivity index (χ2v) is 6.86. The van der Waals surface area contributed by atoms with Gasteiger partial charge in [-0.2, -0.15) is 0 Å². The lowest BCUT2D eigenvalue weighted by atomic mass is 10.1. The van der Waals surface area contributed by atoms with Crippen LogP contribution < -0.4 is 5.32 Å². The van der Waals surface area contributed by atoms with Gasteiger partial charge in [0.2, 0.25) is 5.01 Å². The number of thiazole rings is 1. The van der Waals surface area contributed by atoms with Crippen molar-refractivity contribution in [3.63, 3.8) is 0 Å². The number of aromatic nitrogens is 1. The number of nitrogens with one attached hydrogen (secondary N) is 1. The fraction of sp³-hybridized carbons (Fsp3) is 0.643. The van der Waals surface area contributed by atoms with Gasteiger partial charge < -0.3 is 9.47 Å². The van der Waals surface area contributed by atoms with E-state index < -0.39 is 17.6 Å². The summed E-state index contributed by atoms with van der Waals surface area (Å²) >= 11 is 1.31. The van der Waals surface area contributed by atoms with Crippen LogP contribution >= 0.6 is 11.3 Å². The van der Waals surface area contributed by atoms with Gasteiger partial charge in [0.05, 0.1) is 12.3 Å². The van der Waals surface area contributed by atoms with Crippen LogP contribution in [0.2, 0.25) is 0 Å². The molecule has 1 aromatic rings. The third-order valence-electron chi connectivity index (χ3n) is 2.83. The summed E-state index contributed by atoms with van der Waals surface area (Å²) in [5, 5.41) is 3.47. The van der Waals surface area contributed by atoms with Crippen LogP contribution in [0.15, 0.2) is 0 Å². The topological polar surface area (TPSA) is 77.5 Å². The zero-order valence-corrected chi connectivity index (χ0v) is 13.5. The van der Waals surface area contributed by atoms with Gasteiger partial charge in [-0.05, 0) is 27.7 Å². The van der Waals surface area contributed by atoms with Crippen molar-refractivity contribution in [2.75, 3.05) is 6.61 Å². The molecule has 0 amide bonds. The van der Waals surface area contributed by atoms with E-state index in [0.717, 1.165) is 10.6 Å². The van der Waals surface area contributed by atoms with Gasteiger partial charge in [-0.25, -0.2) is 9.78 Å². The molecule has 1 atom stereocenters. The molecule has 1 aromatic heterocycles. The highest BCUT2D eigenvalue weighted by Crippen LogP contribution is 2.25. The maximum atomic E-state index is 12.1. The molecule has 0 bridgehead atoms. The fourth-order valence-corrected chi connectivity index (χ4v) is 2.92. The molecule has 6 nitrogen and oxygen atoms in total. The van der Waals surface area contributed by atoms with Crippen LogP contribution in [0.25, 0.3) is 0 Å². The highest BCUT2D eigenvalue weighted by atomic mass is 32.1. The van der Waals surface area contributed by atoms with Crippen molar-refractivity contribution in [3.05, 3.63) is 15.6 Å². The Morgan fingerprint density at radius 1 is 1.43 bits per heavy atom. The molecule has 1 aliphatic heterocycles. The molecule has 2 rings (SSSR count). The minimum absolute atomic E-state index is 0.293. The molecule has 1 N–H and O–H groups in total. The molecule has 0 saturated carbocycles. The first-order valence-electron chi connectivity index (χ1n) is 6.92. The van der Waals surface area contributed by atoms with Crippen molar-refractivity contribution < 1.29 is 19.1 Å². The first-order valence-corrected chi connectivity index (χ1v) is 7.73. The van der Waals surface area contributed by atoms with E-state index in [1.807, 2.05) is 20.8 Å². The van der Waals surface area contributed by atoms with Crippen molar-refractivity contribution in [1.82, 2.24) is 10.3 Å². The Hall–Kier alpha value is -1.47. The van der Waals surface area contributed by atoms with Gasteiger partial charge in [0.1, 0.15) is 11.6 Å². The van der Waals surface area contributed by atoms with Gasteiger partial charge in [0.25, 0.3) is 0 Å². The molecule has 0 radical (unpaired) electrons. The summed E-state index contributed by atoms with van der Waals surface area (Å²) in [7, 11) is 0. The molecule has 1 aliphatic rings. The number of hydrogen-bond donors (Lipinski definition) is 1. The molecule has 0 fully saturated rings. The lowest BCUT2D eigenvalue weighted by Crippen LogP contribution is -2.44. The van der Waals surface area contributed by atoms with Gasteiger partial charge in [0.15, 0.2) is 0 Å². The predicted molar refractivity (Wildman–Crippen MR) is 78.2 cm³/mol. The third kappa shape index (κ3) is 4.01. The van der Waals surface area contributed by atoms with E-state index in [9.17, 15) is 9.59 Å². The summed E-state index contributed by atoms with van der Waals surface area (Å²) in [4.78, 5) is 29.0. The van der Waals surface area contributed by atoms with E-state index >= 15 is 0 Å². The predicted octanol–water partition coefficient (Wildman–Crippen LogP) is 1.68. The first-order chi connectivity index (χ1) is 9.80. The van der Waals surface area contributed by atoms with Crippen LogP contribution in [0, 0.1) is 0 Å². The van der Waals surface area contributed by atoms with Crippen molar-refractivity contribution in [2.24, 2.45) is 0 Å². The molecule has 0 spiro atoms. The Kier molecular flexibility index (Phi) is 4.63. The van der Waals surface area contributed by atoms with Gasteiger partial charge >= 0.3 is 11.9 Å². The Morgan fingerprint density at radius 3 is 2.76 bits per heavy atom. The van der Waals surface area contributed by atoms with Crippen LogP contribution in [0.4, 0.5) is 0 Å². The smallest absolute Gasteiger partial charge is 0.367 e. The van der Waals surface area contributed by atoms with Gasteiger partial charge in [0, 0.05) is 17.8 Å². The molecule has 7 heteroatoms. The summed E-state index contributed by atoms with van der Waals surface area (Å²) < 4.78 is 10.3. The summed E-state index contributed by atoms with van der Waals surface area (Å²) in [5.74, 6) is -0.704. The third-order valence-corrected chi connectivity index (χ3v) is 3.90. The molecule has 0 saturated heterocycles. The monoisotopic (exact) mass is 312 g/mol. The molecule has 0 aliphatic carbocycles. The number of nitrogens with zero attached hydrogens (tertiary/aromatic N) is 1. The molecule has 21 heavy (non-hydrogen) atoms. The van der Waals surface area contributed by atoms with E-state index in [2.05, 4.69) is 10.3 Å². The Labute approximate surface area is 127 Å². The summed E-state index contributed by atoms with van der Waals surface area (Å²) in [6, 6.07) is -0.422. The number of fused-ring (bicyclic) bond motifs is 1. The van der Waals surface area contributed by atoms with Gasteiger partial charge in [-0.1, -0.05) is 0 Å². The molecule has 2 heterocycles. The number of hydrogen-bond acceptors (Lipinski definition) is 7. The summed E-state index contributed by atoms with van der Waals surface area (Å²) in [5.41, 5.74) is 0.259. The fourth-order valence-electron chi connectivity index (χ4n) is 1.98. The van der Waals surface area contributed by atoms with Crippen LogP contribution in [-0.4, -0.2) is 35.2 Å². The summed E-state index contributed by atoms with van der Waals surface area (Å²) in [6.07, 6.45) is 0.431. The molecule has 116 valence electrons. The van der Waals surface area contributed by atoms with Crippen molar-refractivity contribution in [3.8, 4) is 0 Å². The molecular weight excluding hydrogens is 292 g/mol. The lowest BCUT2D eigenvalue weighted by Gasteiger charge is -2.26. The van der Waals surface area contributed by atoms with Crippen LogP contribution in [0.1, 0.15) is 48.1 Å². The number of carbonyl (C=O) groups is 2. The minimum atomic E-state index is -0.517. The molecular formula is C14H20N2O4S. The average molecular weight is 312 g/mol. The number of carbonyl (C=O) groups excluding carboxylic acids is 2. The zero-order valence-electron chi connectivity index (χ0n) is 12.7. The van der Waals surface area contributed by atoms with Crippen molar-refractivity contribution >= 4 is 23.3 Å². The number of ether oxygens (including phenoxy) is 2. The normalized spacial score (nSPS) is 18.0.